The van der Waals surface area contributed by atoms with Crippen molar-refractivity contribution in [2.24, 2.45) is 0 Å². The van der Waals surface area contributed by atoms with E-state index in [0.717, 1.165) is 6.07 Å². The Morgan fingerprint density at radius 3 is 2.47 bits per heavy atom. The van der Waals surface area contributed by atoms with Crippen molar-refractivity contribution in [1.29, 1.82) is 0 Å². The first-order valence-corrected chi connectivity index (χ1v) is 9.31. The molecule has 3 aromatic rings. The number of alkyl carbamates (subject to hydrolysis) is 1. The molecule has 0 spiro atoms. The zero-order chi connectivity index (χ0) is 21.4. The van der Waals surface area contributed by atoms with E-state index in [0.29, 0.717) is 35.0 Å². The Kier molecular flexibility index (Phi) is 5.36. The lowest BCUT2D eigenvalue weighted by atomic mass is 9.75. The molecule has 158 valence electrons. The summed E-state index contributed by atoms with van der Waals surface area (Å²) in [6, 6.07) is 7.59. The van der Waals surface area contributed by atoms with E-state index >= 15 is 0 Å². The van der Waals surface area contributed by atoms with Crippen molar-refractivity contribution >= 4 is 17.0 Å². The summed E-state index contributed by atoms with van der Waals surface area (Å²) in [6.07, 6.45) is -3.39. The number of carbonyl (C=O) groups excluding carboxylic acids is 1. The summed E-state index contributed by atoms with van der Waals surface area (Å²) in [5, 5.41) is 2.32. The van der Waals surface area contributed by atoms with Crippen molar-refractivity contribution in [3.63, 3.8) is 0 Å². The van der Waals surface area contributed by atoms with Gasteiger partial charge < -0.3 is 15.0 Å². The number of ether oxygens (including phenoxy) is 1. The number of benzene rings is 2. The molecule has 1 amide bonds. The monoisotopic (exact) mass is 424 g/mol. The Morgan fingerprint density at radius 2 is 1.80 bits per heavy atom. The number of alkyl halides is 2. The first-order chi connectivity index (χ1) is 14.3. The summed E-state index contributed by atoms with van der Waals surface area (Å²) in [7, 11) is 0. The Bertz CT molecular complexity index is 1080. The van der Waals surface area contributed by atoms with E-state index in [2.05, 4.69) is 4.98 Å². The molecule has 1 heterocycles. The number of rotatable bonds is 5. The molecule has 1 aromatic heterocycles. The van der Waals surface area contributed by atoms with Crippen LogP contribution in [-0.4, -0.2) is 30.2 Å². The maximum atomic E-state index is 14.3. The minimum atomic E-state index is -2.68. The molecule has 1 saturated carbocycles. The molecule has 0 unspecified atom stereocenters. The van der Waals surface area contributed by atoms with E-state index < -0.39 is 42.6 Å². The number of amides is 1. The van der Waals surface area contributed by atoms with Crippen LogP contribution in [0, 0.1) is 17.5 Å². The van der Waals surface area contributed by atoms with Crippen LogP contribution < -0.4 is 5.32 Å². The molecule has 2 aromatic carbocycles. The molecule has 0 saturated heterocycles. The van der Waals surface area contributed by atoms with Gasteiger partial charge in [0.15, 0.2) is 0 Å². The molecule has 0 radical (unpaired) electrons. The second-order valence-corrected chi connectivity index (χ2v) is 7.20. The van der Waals surface area contributed by atoms with Crippen molar-refractivity contribution in [2.45, 2.75) is 31.3 Å². The molecular weight excluding hydrogens is 407 g/mol. The number of aromatic nitrogens is 1. The van der Waals surface area contributed by atoms with Crippen LogP contribution >= 0.6 is 0 Å². The first-order valence-electron chi connectivity index (χ1n) is 9.31. The third kappa shape index (κ3) is 3.96. The molecule has 30 heavy (non-hydrogen) atoms. The Morgan fingerprint density at radius 1 is 1.10 bits per heavy atom. The topological polar surface area (TPSA) is 54.1 Å². The van der Waals surface area contributed by atoms with Crippen molar-refractivity contribution in [1.82, 2.24) is 10.3 Å². The van der Waals surface area contributed by atoms with Crippen LogP contribution in [0.15, 0.2) is 36.4 Å². The fourth-order valence-corrected chi connectivity index (χ4v) is 3.76. The number of halogens is 5. The number of nitrogens with one attached hydrogen (secondary N) is 2. The van der Waals surface area contributed by atoms with Crippen LogP contribution in [0.5, 0.6) is 0 Å². The first kappa shape index (κ1) is 20.2. The summed E-state index contributed by atoms with van der Waals surface area (Å²) >= 11 is 0. The fraction of sp³-hybridized carbons (Fsp3) is 0.286. The molecular formula is C21H17F5N2O2. The highest BCUT2D eigenvalue weighted by Gasteiger charge is 2.37. The fourth-order valence-electron chi connectivity index (χ4n) is 3.76. The second-order valence-electron chi connectivity index (χ2n) is 7.20. The zero-order valence-corrected chi connectivity index (χ0v) is 15.5. The van der Waals surface area contributed by atoms with E-state index in [9.17, 15) is 26.7 Å². The lowest BCUT2D eigenvalue weighted by molar-refractivity contribution is 0.0361. The predicted molar refractivity (Wildman–Crippen MR) is 99.9 cm³/mol. The van der Waals surface area contributed by atoms with Gasteiger partial charge in [-0.25, -0.2) is 26.7 Å². The van der Waals surface area contributed by atoms with Gasteiger partial charge in [0.25, 0.3) is 6.43 Å². The minimum Gasteiger partial charge on any atom is -0.446 e. The van der Waals surface area contributed by atoms with Crippen LogP contribution in [0.1, 0.15) is 24.3 Å². The molecule has 0 aliphatic heterocycles. The number of aromatic amines is 1. The van der Waals surface area contributed by atoms with Crippen LogP contribution in [0.2, 0.25) is 0 Å². The Balaban J connectivity index is 1.61. The molecule has 0 bridgehead atoms. The zero-order valence-electron chi connectivity index (χ0n) is 15.5. The highest BCUT2D eigenvalue weighted by atomic mass is 19.3. The van der Waals surface area contributed by atoms with Crippen LogP contribution in [0.3, 0.4) is 0 Å². The predicted octanol–water partition coefficient (Wildman–Crippen LogP) is 5.49. The van der Waals surface area contributed by atoms with Crippen LogP contribution in [0.25, 0.3) is 22.2 Å². The Labute approximate surface area is 168 Å². The van der Waals surface area contributed by atoms with Crippen molar-refractivity contribution in [2.75, 3.05) is 6.54 Å². The van der Waals surface area contributed by atoms with Crippen molar-refractivity contribution < 1.29 is 31.5 Å². The standard InChI is InChI=1S/C21H17F5N2O2/c22-12-3-1-10(2-4-12)19-18(15-7-13(23)8-16(24)20(15)28-19)11-5-14(6-11)30-21(29)27-9-17(25)26/h1-4,7-8,11,14,17,28H,5-6,9H2,(H,27,29)/t11-,14-. The molecule has 0 atom stereocenters. The lowest BCUT2D eigenvalue weighted by Gasteiger charge is -2.35. The minimum absolute atomic E-state index is 0.129. The van der Waals surface area contributed by atoms with Gasteiger partial charge in [0.2, 0.25) is 0 Å². The number of carbonyl (C=O) groups is 1. The average molecular weight is 424 g/mol. The molecule has 1 aliphatic carbocycles. The van der Waals surface area contributed by atoms with Crippen LogP contribution in [-0.2, 0) is 4.74 Å². The van der Waals surface area contributed by atoms with E-state index in [1.807, 2.05) is 5.32 Å². The lowest BCUT2D eigenvalue weighted by Crippen LogP contribution is -2.37. The normalized spacial score (nSPS) is 18.5. The summed E-state index contributed by atoms with van der Waals surface area (Å²) in [6.45, 7) is -0.801. The maximum absolute atomic E-state index is 14.3. The molecule has 1 aliphatic rings. The van der Waals surface area contributed by atoms with Gasteiger partial charge in [0, 0.05) is 11.5 Å². The third-order valence-corrected chi connectivity index (χ3v) is 5.17. The SMILES string of the molecule is O=C(NCC(F)F)O[C@H]1C[C@H](c2c(-c3ccc(F)cc3)[nH]c3c(F)cc(F)cc32)C1. The van der Waals surface area contributed by atoms with Gasteiger partial charge in [-0.2, -0.15) is 0 Å². The number of hydrogen-bond acceptors (Lipinski definition) is 2. The molecule has 2 N–H and O–H groups in total. The average Bonchev–Trinajstić information content (AvgIpc) is 3.02. The highest BCUT2D eigenvalue weighted by molar-refractivity contribution is 5.92. The quantitative estimate of drug-likeness (QED) is 0.533. The van der Waals surface area contributed by atoms with Crippen molar-refractivity contribution in [3.8, 4) is 11.3 Å². The van der Waals surface area contributed by atoms with Gasteiger partial charge in [0.1, 0.15) is 23.6 Å². The van der Waals surface area contributed by atoms with E-state index in [1.165, 1.54) is 30.3 Å². The third-order valence-electron chi connectivity index (χ3n) is 5.17. The van der Waals surface area contributed by atoms with Gasteiger partial charge in [-0.15, -0.1) is 0 Å². The largest absolute Gasteiger partial charge is 0.446 e. The second kappa shape index (κ2) is 7.97. The van der Waals surface area contributed by atoms with Gasteiger partial charge >= 0.3 is 6.09 Å². The van der Waals surface area contributed by atoms with Gasteiger partial charge in [-0.05, 0) is 60.2 Å². The molecule has 9 heteroatoms. The smallest absolute Gasteiger partial charge is 0.407 e. The molecule has 4 nitrogen and oxygen atoms in total. The van der Waals surface area contributed by atoms with Crippen molar-refractivity contribution in [3.05, 3.63) is 59.4 Å². The summed E-state index contributed by atoms with van der Waals surface area (Å²) in [5.41, 5.74) is 1.90. The number of H-pyrrole nitrogens is 1. The van der Waals surface area contributed by atoms with E-state index in [4.69, 9.17) is 4.74 Å². The number of fused-ring (bicyclic) bond motifs is 1. The summed E-state index contributed by atoms with van der Waals surface area (Å²) < 4.78 is 71.0. The van der Waals surface area contributed by atoms with Crippen LogP contribution in [0.4, 0.5) is 26.7 Å². The summed E-state index contributed by atoms with van der Waals surface area (Å²) in [4.78, 5) is 14.5. The molecule has 1 fully saturated rings. The highest BCUT2D eigenvalue weighted by Crippen LogP contribution is 2.46. The van der Waals surface area contributed by atoms with Gasteiger partial charge in [0.05, 0.1) is 17.8 Å². The van der Waals surface area contributed by atoms with Gasteiger partial charge in [-0.1, -0.05) is 0 Å². The summed E-state index contributed by atoms with van der Waals surface area (Å²) in [5.74, 6) is -2.10. The van der Waals surface area contributed by atoms with E-state index in [1.54, 1.807) is 0 Å². The number of hydrogen-bond donors (Lipinski definition) is 2. The molecule has 4 rings (SSSR count). The van der Waals surface area contributed by atoms with E-state index in [-0.39, 0.29) is 11.4 Å². The Hall–Kier alpha value is -3.10. The van der Waals surface area contributed by atoms with Gasteiger partial charge in [-0.3, -0.25) is 0 Å². The maximum Gasteiger partial charge on any atom is 0.407 e.